The van der Waals surface area contributed by atoms with E-state index in [0.29, 0.717) is 0 Å². The van der Waals surface area contributed by atoms with Crippen molar-refractivity contribution in [2.75, 3.05) is 0 Å². The number of hydrogen-bond donors (Lipinski definition) is 1. The van der Waals surface area contributed by atoms with Crippen molar-refractivity contribution in [3.05, 3.63) is 12.3 Å². The molecule has 0 aromatic heterocycles. The number of unbranched alkanes of at least 4 members (excludes halogenated alkanes) is 15. The average Bonchev–Trinajstić information content (AvgIpc) is 2.47. The van der Waals surface area contributed by atoms with E-state index in [1.54, 1.807) is 0 Å². The van der Waals surface area contributed by atoms with Gasteiger partial charge in [-0.15, -0.1) is 0 Å². The zero-order valence-electron chi connectivity index (χ0n) is 13.9. The summed E-state index contributed by atoms with van der Waals surface area (Å²) < 4.78 is 0. The van der Waals surface area contributed by atoms with Crippen molar-refractivity contribution in [1.29, 1.82) is 0 Å². The van der Waals surface area contributed by atoms with E-state index in [0.717, 1.165) is 6.42 Å². The molecule has 1 nitrogen and oxygen atoms in total. The molecule has 0 bridgehead atoms. The van der Waals surface area contributed by atoms with Crippen LogP contribution in [-0.4, -0.2) is 5.11 Å². The van der Waals surface area contributed by atoms with Gasteiger partial charge in [-0.3, -0.25) is 0 Å². The van der Waals surface area contributed by atoms with Crippen molar-refractivity contribution in [1.82, 2.24) is 0 Å². The maximum atomic E-state index is 8.50. The van der Waals surface area contributed by atoms with Gasteiger partial charge in [-0.25, -0.2) is 0 Å². The summed E-state index contributed by atoms with van der Waals surface area (Å²) in [4.78, 5) is 0. The lowest BCUT2D eigenvalue weighted by Gasteiger charge is -2.03. The van der Waals surface area contributed by atoms with Crippen LogP contribution in [0.15, 0.2) is 12.3 Å². The van der Waals surface area contributed by atoms with Crippen LogP contribution in [0.4, 0.5) is 0 Å². The van der Waals surface area contributed by atoms with Crippen molar-refractivity contribution in [2.24, 2.45) is 0 Å². The minimum Gasteiger partial charge on any atom is -0.516 e. The van der Waals surface area contributed by atoms with Crippen LogP contribution in [0.2, 0.25) is 0 Å². The molecule has 0 saturated carbocycles. The number of allylic oxidation sites excluding steroid dienone is 1. The maximum absolute atomic E-state index is 8.50. The van der Waals surface area contributed by atoms with Crippen molar-refractivity contribution < 1.29 is 5.11 Å². The van der Waals surface area contributed by atoms with Gasteiger partial charge in [0.25, 0.3) is 0 Å². The first-order chi connectivity index (χ1) is 9.91. The minimum atomic E-state index is 1.04. The van der Waals surface area contributed by atoms with Crippen LogP contribution in [-0.2, 0) is 0 Å². The molecule has 0 fully saturated rings. The third kappa shape index (κ3) is 17.5. The summed E-state index contributed by atoms with van der Waals surface area (Å²) >= 11 is 0. The van der Waals surface area contributed by atoms with Gasteiger partial charge >= 0.3 is 0 Å². The Morgan fingerprint density at radius 1 is 0.550 bits per heavy atom. The molecule has 1 N–H and O–H groups in total. The Hall–Kier alpha value is -0.460. The maximum Gasteiger partial charge on any atom is 0.0751 e. The quantitative estimate of drug-likeness (QED) is 0.232. The Morgan fingerprint density at radius 2 is 0.900 bits per heavy atom. The summed E-state index contributed by atoms with van der Waals surface area (Å²) in [7, 11) is 0. The fourth-order valence-corrected chi connectivity index (χ4v) is 2.71. The molecule has 120 valence electrons. The molecule has 1 heteroatoms. The van der Waals surface area contributed by atoms with Gasteiger partial charge in [0.15, 0.2) is 0 Å². The number of rotatable bonds is 16. The zero-order chi connectivity index (χ0) is 14.7. The van der Waals surface area contributed by atoms with Crippen LogP contribution in [0, 0.1) is 0 Å². The van der Waals surface area contributed by atoms with E-state index in [4.69, 9.17) is 5.11 Å². The van der Waals surface area contributed by atoms with Crippen LogP contribution >= 0.6 is 0 Å². The van der Waals surface area contributed by atoms with Crippen LogP contribution in [0.25, 0.3) is 0 Å². The van der Waals surface area contributed by atoms with Crippen LogP contribution in [0.5, 0.6) is 0 Å². The third-order valence-corrected chi connectivity index (χ3v) is 4.08. The Labute approximate surface area is 127 Å². The molecule has 0 rings (SSSR count). The molecule has 0 aliphatic carbocycles. The summed E-state index contributed by atoms with van der Waals surface area (Å²) in [5.41, 5.74) is 0. The highest BCUT2D eigenvalue weighted by Gasteiger charge is 1.93. The van der Waals surface area contributed by atoms with Gasteiger partial charge < -0.3 is 5.11 Å². The van der Waals surface area contributed by atoms with E-state index < -0.39 is 0 Å². The normalized spacial score (nSPS) is 11.4. The molecule has 0 saturated heterocycles. The Bertz CT molecular complexity index is 186. The predicted molar refractivity (Wildman–Crippen MR) is 91.3 cm³/mol. The van der Waals surface area contributed by atoms with Crippen molar-refractivity contribution in [3.63, 3.8) is 0 Å². The van der Waals surface area contributed by atoms with E-state index in [9.17, 15) is 0 Å². The van der Waals surface area contributed by atoms with Gasteiger partial charge in [-0.05, 0) is 12.8 Å². The Balaban J connectivity index is 2.92. The highest BCUT2D eigenvalue weighted by Crippen LogP contribution is 2.13. The van der Waals surface area contributed by atoms with Gasteiger partial charge in [-0.1, -0.05) is 103 Å². The lowest BCUT2D eigenvalue weighted by molar-refractivity contribution is 0.469. The number of hydrogen-bond acceptors (Lipinski definition) is 1. The molecule has 0 aliphatic rings. The molecule has 0 aromatic carbocycles. The predicted octanol–water partition coefficient (Wildman–Crippen LogP) is 7.32. The average molecular weight is 283 g/mol. The first-order valence-corrected chi connectivity index (χ1v) is 9.21. The first-order valence-electron chi connectivity index (χ1n) is 9.21. The summed E-state index contributed by atoms with van der Waals surface area (Å²) in [6.07, 6.45) is 25.2. The number of aliphatic hydroxyl groups is 1. The van der Waals surface area contributed by atoms with Crippen LogP contribution < -0.4 is 0 Å². The Kier molecular flexibility index (Phi) is 18.1. The van der Waals surface area contributed by atoms with Crippen molar-refractivity contribution in [3.8, 4) is 0 Å². The SMILES string of the molecule is CCCCCCCCCCCCCCCCC/C=C\O. The second kappa shape index (κ2) is 18.5. The van der Waals surface area contributed by atoms with Crippen molar-refractivity contribution in [2.45, 2.75) is 110 Å². The summed E-state index contributed by atoms with van der Waals surface area (Å²) in [6.45, 7) is 2.28. The smallest absolute Gasteiger partial charge is 0.0751 e. The third-order valence-electron chi connectivity index (χ3n) is 4.08. The van der Waals surface area contributed by atoms with Crippen LogP contribution in [0.1, 0.15) is 110 Å². The van der Waals surface area contributed by atoms with E-state index >= 15 is 0 Å². The van der Waals surface area contributed by atoms with Gasteiger partial charge in [0.05, 0.1) is 6.26 Å². The van der Waals surface area contributed by atoms with Gasteiger partial charge in [0.2, 0.25) is 0 Å². The van der Waals surface area contributed by atoms with Crippen molar-refractivity contribution >= 4 is 0 Å². The second-order valence-corrected chi connectivity index (χ2v) is 6.12. The number of aliphatic hydroxyl groups excluding tert-OH is 1. The molecule has 20 heavy (non-hydrogen) atoms. The fourth-order valence-electron chi connectivity index (χ4n) is 2.71. The highest BCUT2D eigenvalue weighted by molar-refractivity contribution is 4.70. The second-order valence-electron chi connectivity index (χ2n) is 6.12. The van der Waals surface area contributed by atoms with E-state index in [1.807, 2.05) is 6.08 Å². The fraction of sp³-hybridized carbons (Fsp3) is 0.895. The molecule has 0 amide bonds. The lowest BCUT2D eigenvalue weighted by atomic mass is 10.0. The van der Waals surface area contributed by atoms with Crippen LogP contribution in [0.3, 0.4) is 0 Å². The first kappa shape index (κ1) is 19.5. The largest absolute Gasteiger partial charge is 0.516 e. The van der Waals surface area contributed by atoms with E-state index in [2.05, 4.69) is 6.92 Å². The monoisotopic (exact) mass is 282 g/mol. The highest BCUT2D eigenvalue weighted by atomic mass is 16.2. The zero-order valence-corrected chi connectivity index (χ0v) is 13.9. The minimum absolute atomic E-state index is 1.04. The molecule has 0 unspecified atom stereocenters. The summed E-state index contributed by atoms with van der Waals surface area (Å²) in [6, 6.07) is 0. The molecule has 0 aliphatic heterocycles. The molecule has 0 heterocycles. The molecule has 0 aromatic rings. The topological polar surface area (TPSA) is 20.2 Å². The molecule has 0 radical (unpaired) electrons. The van der Waals surface area contributed by atoms with Gasteiger partial charge in [-0.2, -0.15) is 0 Å². The summed E-state index contributed by atoms with van der Waals surface area (Å²) in [5, 5.41) is 8.50. The van der Waals surface area contributed by atoms with Gasteiger partial charge in [0, 0.05) is 0 Å². The summed E-state index contributed by atoms with van der Waals surface area (Å²) in [5.74, 6) is 0. The molecule has 0 atom stereocenters. The van der Waals surface area contributed by atoms with E-state index in [-0.39, 0.29) is 0 Å². The lowest BCUT2D eigenvalue weighted by Crippen LogP contribution is -1.83. The standard InChI is InChI=1S/C19H38O/c1-2-3-4-5-6-7-8-9-10-11-12-13-14-15-16-17-18-19-20/h18-20H,2-17H2,1H3/b19-18-. The van der Waals surface area contributed by atoms with Gasteiger partial charge in [0.1, 0.15) is 0 Å². The Morgan fingerprint density at radius 3 is 1.25 bits per heavy atom. The molecular formula is C19H38O. The van der Waals surface area contributed by atoms with E-state index in [1.165, 1.54) is 103 Å². The molecule has 0 spiro atoms. The molecular weight excluding hydrogens is 244 g/mol.